The maximum absolute atomic E-state index is 12.4. The Morgan fingerprint density at radius 3 is 2.87 bits per heavy atom. The van der Waals surface area contributed by atoms with E-state index < -0.39 is 6.10 Å². The SMILES string of the molecule is Cn1cc2c(NCC3CCCCN3c3ccc(=O)n(C4CCCC4O)n3)ncnc2n1. The Bertz CT molecular complexity index is 1130. The van der Waals surface area contributed by atoms with Crippen LogP contribution in [0.4, 0.5) is 11.6 Å². The molecule has 3 unspecified atom stereocenters. The number of fused-ring (bicyclic) bond motifs is 1. The van der Waals surface area contributed by atoms with Gasteiger partial charge in [0.25, 0.3) is 5.56 Å². The Hall–Kier alpha value is -3.01. The summed E-state index contributed by atoms with van der Waals surface area (Å²) in [5, 5.41) is 23.7. The van der Waals surface area contributed by atoms with Crippen LogP contribution in [0.5, 0.6) is 0 Å². The van der Waals surface area contributed by atoms with Crippen molar-refractivity contribution in [2.45, 2.75) is 56.7 Å². The smallest absolute Gasteiger partial charge is 0.267 e. The number of hydrogen-bond acceptors (Lipinski definition) is 8. The van der Waals surface area contributed by atoms with Gasteiger partial charge in [0.05, 0.1) is 17.5 Å². The third kappa shape index (κ3) is 3.87. The highest BCUT2D eigenvalue weighted by atomic mass is 16.3. The average Bonchev–Trinajstić information content (AvgIpc) is 3.37. The first-order chi connectivity index (χ1) is 15.1. The van der Waals surface area contributed by atoms with E-state index in [9.17, 15) is 9.90 Å². The first kappa shape index (κ1) is 19.9. The molecule has 1 aliphatic carbocycles. The van der Waals surface area contributed by atoms with Gasteiger partial charge in [-0.3, -0.25) is 9.48 Å². The quantitative estimate of drug-likeness (QED) is 0.633. The van der Waals surface area contributed by atoms with Gasteiger partial charge in [-0.15, -0.1) is 0 Å². The van der Waals surface area contributed by atoms with E-state index in [1.807, 2.05) is 19.3 Å². The Balaban J connectivity index is 1.38. The van der Waals surface area contributed by atoms with Crippen molar-refractivity contribution >= 4 is 22.7 Å². The minimum atomic E-state index is -0.501. The van der Waals surface area contributed by atoms with Crippen molar-refractivity contribution in [3.05, 3.63) is 35.0 Å². The lowest BCUT2D eigenvalue weighted by Crippen LogP contribution is -2.45. The Labute approximate surface area is 179 Å². The van der Waals surface area contributed by atoms with Gasteiger partial charge in [-0.25, -0.2) is 14.6 Å². The molecule has 3 aromatic rings. The zero-order valence-corrected chi connectivity index (χ0v) is 17.7. The molecule has 4 heterocycles. The number of nitrogens with zero attached hydrogens (tertiary/aromatic N) is 7. The summed E-state index contributed by atoms with van der Waals surface area (Å²) in [6, 6.07) is 3.38. The minimum absolute atomic E-state index is 0.152. The molecule has 0 radical (unpaired) electrons. The topological polar surface area (TPSA) is 114 Å². The highest BCUT2D eigenvalue weighted by Gasteiger charge is 2.30. The normalized spacial score (nSPS) is 24.1. The van der Waals surface area contributed by atoms with Gasteiger partial charge < -0.3 is 15.3 Å². The van der Waals surface area contributed by atoms with E-state index >= 15 is 0 Å². The van der Waals surface area contributed by atoms with E-state index in [0.717, 1.165) is 62.1 Å². The molecule has 2 aliphatic rings. The Kier molecular flexibility index (Phi) is 5.31. The lowest BCUT2D eigenvalue weighted by molar-refractivity contribution is 0.127. The lowest BCUT2D eigenvalue weighted by Gasteiger charge is -2.37. The maximum atomic E-state index is 12.4. The van der Waals surface area contributed by atoms with E-state index in [-0.39, 0.29) is 17.6 Å². The second-order valence-corrected chi connectivity index (χ2v) is 8.53. The van der Waals surface area contributed by atoms with Gasteiger partial charge in [0, 0.05) is 38.4 Å². The number of rotatable bonds is 5. The summed E-state index contributed by atoms with van der Waals surface area (Å²) < 4.78 is 3.23. The molecule has 164 valence electrons. The number of aryl methyl sites for hydroxylation is 1. The fourth-order valence-corrected chi connectivity index (χ4v) is 4.83. The fourth-order valence-electron chi connectivity index (χ4n) is 4.83. The minimum Gasteiger partial charge on any atom is -0.391 e. The number of hydrogen-bond donors (Lipinski definition) is 2. The summed E-state index contributed by atoms with van der Waals surface area (Å²) in [4.78, 5) is 23.3. The van der Waals surface area contributed by atoms with Crippen LogP contribution in [0, 0.1) is 0 Å². The average molecular weight is 425 g/mol. The van der Waals surface area contributed by atoms with Crippen LogP contribution in [-0.2, 0) is 7.05 Å². The standard InChI is InChI=1S/C21H28N8O2/c1-27-12-15-20(23-13-24-21(15)26-27)22-11-14-5-2-3-10-28(14)18-8-9-19(31)29(25-18)16-6-4-7-17(16)30/h8-9,12-14,16-17,30H,2-7,10-11H2,1H3,(H,22,23,24,26). The molecule has 10 nitrogen and oxygen atoms in total. The highest BCUT2D eigenvalue weighted by molar-refractivity contribution is 5.85. The summed E-state index contributed by atoms with van der Waals surface area (Å²) in [5.41, 5.74) is 0.519. The van der Waals surface area contributed by atoms with Crippen LogP contribution in [0.25, 0.3) is 11.0 Å². The molecule has 3 aromatic heterocycles. The highest BCUT2D eigenvalue weighted by Crippen LogP contribution is 2.30. The predicted molar refractivity (Wildman–Crippen MR) is 117 cm³/mol. The second kappa shape index (κ2) is 8.26. The number of aliphatic hydroxyl groups is 1. The van der Waals surface area contributed by atoms with Crippen molar-refractivity contribution in [3.8, 4) is 0 Å². The van der Waals surface area contributed by atoms with Gasteiger partial charge in [0.15, 0.2) is 5.65 Å². The zero-order chi connectivity index (χ0) is 21.4. The first-order valence-electron chi connectivity index (χ1n) is 11.0. The molecule has 10 heteroatoms. The molecule has 1 aliphatic heterocycles. The number of aromatic nitrogens is 6. The number of anilines is 2. The third-order valence-electron chi connectivity index (χ3n) is 6.43. The molecule has 3 atom stereocenters. The van der Waals surface area contributed by atoms with Crippen molar-refractivity contribution in [1.82, 2.24) is 29.5 Å². The molecule has 0 bridgehead atoms. The summed E-state index contributed by atoms with van der Waals surface area (Å²) in [5.74, 6) is 1.56. The molecule has 1 saturated heterocycles. The van der Waals surface area contributed by atoms with Crippen LogP contribution in [0.15, 0.2) is 29.5 Å². The molecule has 5 rings (SSSR count). The molecule has 0 aromatic carbocycles. The summed E-state index contributed by atoms with van der Waals surface area (Å²) in [7, 11) is 1.87. The molecular formula is C21H28N8O2. The number of nitrogens with one attached hydrogen (secondary N) is 1. The second-order valence-electron chi connectivity index (χ2n) is 8.53. The van der Waals surface area contributed by atoms with E-state index in [4.69, 9.17) is 5.10 Å². The van der Waals surface area contributed by atoms with Gasteiger partial charge >= 0.3 is 0 Å². The Morgan fingerprint density at radius 1 is 1.13 bits per heavy atom. The van der Waals surface area contributed by atoms with Gasteiger partial charge in [0.2, 0.25) is 0 Å². The summed E-state index contributed by atoms with van der Waals surface area (Å²) in [6.45, 7) is 1.59. The van der Waals surface area contributed by atoms with Crippen molar-refractivity contribution in [1.29, 1.82) is 0 Å². The molecule has 2 fully saturated rings. The molecule has 1 saturated carbocycles. The van der Waals surface area contributed by atoms with E-state index in [0.29, 0.717) is 12.2 Å². The third-order valence-corrected chi connectivity index (χ3v) is 6.43. The van der Waals surface area contributed by atoms with Crippen molar-refractivity contribution in [2.75, 3.05) is 23.3 Å². The fraction of sp³-hybridized carbons (Fsp3) is 0.571. The zero-order valence-electron chi connectivity index (χ0n) is 17.7. The van der Waals surface area contributed by atoms with E-state index in [1.54, 1.807) is 10.7 Å². The number of piperidine rings is 1. The largest absolute Gasteiger partial charge is 0.391 e. The van der Waals surface area contributed by atoms with Gasteiger partial charge in [-0.2, -0.15) is 10.2 Å². The van der Waals surface area contributed by atoms with Crippen LogP contribution < -0.4 is 15.8 Å². The van der Waals surface area contributed by atoms with Crippen LogP contribution >= 0.6 is 0 Å². The van der Waals surface area contributed by atoms with Crippen LogP contribution in [0.2, 0.25) is 0 Å². The number of aliphatic hydroxyl groups excluding tert-OH is 1. The van der Waals surface area contributed by atoms with Crippen molar-refractivity contribution in [2.24, 2.45) is 7.05 Å². The molecule has 2 N–H and O–H groups in total. The lowest BCUT2D eigenvalue weighted by atomic mass is 10.0. The molecule has 0 amide bonds. The van der Waals surface area contributed by atoms with Gasteiger partial charge in [-0.1, -0.05) is 0 Å². The molecule has 31 heavy (non-hydrogen) atoms. The Morgan fingerprint density at radius 2 is 2.03 bits per heavy atom. The van der Waals surface area contributed by atoms with E-state index in [1.165, 1.54) is 11.0 Å². The van der Waals surface area contributed by atoms with Crippen LogP contribution in [0.3, 0.4) is 0 Å². The van der Waals surface area contributed by atoms with Crippen molar-refractivity contribution < 1.29 is 5.11 Å². The predicted octanol–water partition coefficient (Wildman–Crippen LogP) is 1.48. The monoisotopic (exact) mass is 424 g/mol. The van der Waals surface area contributed by atoms with Gasteiger partial charge in [-0.05, 0) is 44.6 Å². The maximum Gasteiger partial charge on any atom is 0.267 e. The molecule has 0 spiro atoms. The van der Waals surface area contributed by atoms with Crippen LogP contribution in [-0.4, -0.2) is 59.9 Å². The van der Waals surface area contributed by atoms with Crippen molar-refractivity contribution in [3.63, 3.8) is 0 Å². The van der Waals surface area contributed by atoms with E-state index in [2.05, 4.69) is 25.3 Å². The first-order valence-corrected chi connectivity index (χ1v) is 11.0. The van der Waals surface area contributed by atoms with Crippen LogP contribution in [0.1, 0.15) is 44.6 Å². The molecular weight excluding hydrogens is 396 g/mol. The summed E-state index contributed by atoms with van der Waals surface area (Å²) >= 11 is 0. The summed E-state index contributed by atoms with van der Waals surface area (Å²) in [6.07, 6.45) is 8.64. The van der Waals surface area contributed by atoms with Gasteiger partial charge in [0.1, 0.15) is 18.0 Å².